The summed E-state index contributed by atoms with van der Waals surface area (Å²) >= 11 is 0. The molecule has 4 nitrogen and oxygen atoms in total. The topological polar surface area (TPSA) is 58.6 Å². The molecule has 98 valence electrons. The molecule has 0 aromatic heterocycles. The van der Waals surface area contributed by atoms with E-state index in [2.05, 4.69) is 5.32 Å². The highest BCUT2D eigenvalue weighted by Crippen LogP contribution is 2.23. The Balaban J connectivity index is 1.75. The molecule has 0 heterocycles. The predicted molar refractivity (Wildman–Crippen MR) is 68.4 cm³/mol. The van der Waals surface area contributed by atoms with Crippen LogP contribution < -0.4 is 5.32 Å². The summed E-state index contributed by atoms with van der Waals surface area (Å²) in [6.07, 6.45) is 2.30. The molecule has 1 amide bonds. The molecule has 1 saturated carbocycles. The van der Waals surface area contributed by atoms with Crippen molar-refractivity contribution in [1.29, 1.82) is 0 Å². The van der Waals surface area contributed by atoms with Gasteiger partial charge in [-0.15, -0.1) is 0 Å². The second kappa shape index (κ2) is 5.87. The molecule has 1 aliphatic carbocycles. The molecule has 0 bridgehead atoms. The van der Waals surface area contributed by atoms with Crippen LogP contribution in [0.3, 0.4) is 0 Å². The maximum absolute atomic E-state index is 11.8. The Morgan fingerprint density at radius 2 is 2.17 bits per heavy atom. The molecule has 0 atom stereocenters. The Bertz CT molecular complexity index is 413. The number of aromatic hydroxyl groups is 1. The molecule has 1 aromatic carbocycles. The van der Waals surface area contributed by atoms with Crippen molar-refractivity contribution in [3.8, 4) is 5.75 Å². The number of para-hydroxylation sites is 1. The molecule has 2 N–H and O–H groups in total. The summed E-state index contributed by atoms with van der Waals surface area (Å²) in [5, 5.41) is 12.5. The lowest BCUT2D eigenvalue weighted by molar-refractivity contribution is -0.123. The van der Waals surface area contributed by atoms with Crippen LogP contribution in [0.15, 0.2) is 24.3 Å². The fourth-order valence-corrected chi connectivity index (χ4v) is 2.17. The van der Waals surface area contributed by atoms with E-state index in [1.165, 1.54) is 0 Å². The van der Waals surface area contributed by atoms with E-state index >= 15 is 0 Å². The highest BCUT2D eigenvalue weighted by molar-refractivity contribution is 5.79. The fraction of sp³-hybridized carbons (Fsp3) is 0.500. The summed E-state index contributed by atoms with van der Waals surface area (Å²) in [5.74, 6) is 0.130. The lowest BCUT2D eigenvalue weighted by Gasteiger charge is -2.35. The van der Waals surface area contributed by atoms with Gasteiger partial charge in [-0.25, -0.2) is 0 Å². The van der Waals surface area contributed by atoms with Gasteiger partial charge in [-0.3, -0.25) is 4.79 Å². The van der Waals surface area contributed by atoms with Gasteiger partial charge in [0, 0.05) is 18.2 Å². The predicted octanol–water partition coefficient (Wildman–Crippen LogP) is 1.62. The Morgan fingerprint density at radius 1 is 1.44 bits per heavy atom. The fourth-order valence-electron chi connectivity index (χ4n) is 2.17. The van der Waals surface area contributed by atoms with Crippen LogP contribution in [0, 0.1) is 0 Å². The molecule has 0 radical (unpaired) electrons. The summed E-state index contributed by atoms with van der Waals surface area (Å²) in [6, 6.07) is 7.14. The number of hydrogen-bond acceptors (Lipinski definition) is 3. The zero-order valence-corrected chi connectivity index (χ0v) is 10.6. The van der Waals surface area contributed by atoms with E-state index in [0.717, 1.165) is 19.4 Å². The second-order valence-electron chi connectivity index (χ2n) is 4.62. The van der Waals surface area contributed by atoms with Crippen LogP contribution in [0.1, 0.15) is 25.3 Å². The molecule has 4 heteroatoms. The average Bonchev–Trinajstić information content (AvgIpc) is 2.29. The minimum Gasteiger partial charge on any atom is -0.508 e. The summed E-state index contributed by atoms with van der Waals surface area (Å²) < 4.78 is 5.44. The number of hydrogen-bond donors (Lipinski definition) is 2. The third kappa shape index (κ3) is 3.23. The van der Waals surface area contributed by atoms with Gasteiger partial charge in [0.25, 0.3) is 0 Å². The zero-order valence-electron chi connectivity index (χ0n) is 10.6. The van der Waals surface area contributed by atoms with Gasteiger partial charge in [-0.1, -0.05) is 18.2 Å². The van der Waals surface area contributed by atoms with Gasteiger partial charge in [0.15, 0.2) is 0 Å². The lowest BCUT2D eigenvalue weighted by atomic mass is 9.89. The number of benzene rings is 1. The van der Waals surface area contributed by atoms with Crippen molar-refractivity contribution in [2.24, 2.45) is 0 Å². The highest BCUT2D eigenvalue weighted by Gasteiger charge is 2.30. The number of amides is 1. The Morgan fingerprint density at radius 3 is 2.83 bits per heavy atom. The molecule has 0 spiro atoms. The van der Waals surface area contributed by atoms with Crippen LogP contribution in [0.4, 0.5) is 0 Å². The monoisotopic (exact) mass is 249 g/mol. The summed E-state index contributed by atoms with van der Waals surface area (Å²) in [7, 11) is 0. The van der Waals surface area contributed by atoms with Crippen LogP contribution in [0.25, 0.3) is 0 Å². The maximum atomic E-state index is 11.8. The normalized spacial score (nSPS) is 22.3. The van der Waals surface area contributed by atoms with Gasteiger partial charge < -0.3 is 15.2 Å². The van der Waals surface area contributed by atoms with Crippen molar-refractivity contribution < 1.29 is 14.6 Å². The van der Waals surface area contributed by atoms with Gasteiger partial charge in [-0.2, -0.15) is 0 Å². The first kappa shape index (κ1) is 12.9. The number of phenols is 1. The van der Waals surface area contributed by atoms with E-state index in [1.54, 1.807) is 18.2 Å². The Hall–Kier alpha value is -1.55. The van der Waals surface area contributed by atoms with Crippen LogP contribution in [-0.4, -0.2) is 29.8 Å². The molecule has 1 fully saturated rings. The maximum Gasteiger partial charge on any atom is 0.224 e. The van der Waals surface area contributed by atoms with E-state index < -0.39 is 0 Å². The number of phenolic OH excluding ortho intramolecular Hbond substituents is 1. The average molecular weight is 249 g/mol. The van der Waals surface area contributed by atoms with Crippen LogP contribution >= 0.6 is 0 Å². The quantitative estimate of drug-likeness (QED) is 0.833. The number of nitrogens with one attached hydrogen (secondary N) is 1. The molecule has 2 rings (SSSR count). The highest BCUT2D eigenvalue weighted by atomic mass is 16.5. The molecule has 18 heavy (non-hydrogen) atoms. The first-order valence-corrected chi connectivity index (χ1v) is 6.37. The van der Waals surface area contributed by atoms with Crippen molar-refractivity contribution in [1.82, 2.24) is 5.32 Å². The lowest BCUT2D eigenvalue weighted by Crippen LogP contribution is -2.48. The second-order valence-corrected chi connectivity index (χ2v) is 4.62. The first-order valence-electron chi connectivity index (χ1n) is 6.37. The van der Waals surface area contributed by atoms with Crippen molar-refractivity contribution in [2.45, 2.75) is 38.3 Å². The van der Waals surface area contributed by atoms with Gasteiger partial charge in [-0.05, 0) is 25.8 Å². The molecular weight excluding hydrogens is 230 g/mol. The summed E-state index contributed by atoms with van der Waals surface area (Å²) in [5.41, 5.74) is 0.663. The van der Waals surface area contributed by atoms with Gasteiger partial charge in [0.1, 0.15) is 5.75 Å². The number of carbonyl (C=O) groups is 1. The van der Waals surface area contributed by atoms with Crippen molar-refractivity contribution in [3.05, 3.63) is 29.8 Å². The Kier molecular flexibility index (Phi) is 4.20. The molecule has 0 aliphatic heterocycles. The van der Waals surface area contributed by atoms with Crippen molar-refractivity contribution >= 4 is 5.91 Å². The van der Waals surface area contributed by atoms with Gasteiger partial charge in [0.05, 0.1) is 12.5 Å². The first-order chi connectivity index (χ1) is 8.69. The molecule has 1 aromatic rings. The smallest absolute Gasteiger partial charge is 0.224 e. The van der Waals surface area contributed by atoms with E-state index in [0.29, 0.717) is 11.7 Å². The number of ether oxygens (including phenoxy) is 1. The van der Waals surface area contributed by atoms with Gasteiger partial charge in [0.2, 0.25) is 5.91 Å². The van der Waals surface area contributed by atoms with E-state index in [1.807, 2.05) is 13.0 Å². The minimum atomic E-state index is -0.0450. The zero-order chi connectivity index (χ0) is 13.0. The largest absolute Gasteiger partial charge is 0.508 e. The summed E-state index contributed by atoms with van der Waals surface area (Å²) in [6.45, 7) is 2.70. The van der Waals surface area contributed by atoms with E-state index in [4.69, 9.17) is 4.74 Å². The van der Waals surface area contributed by atoms with Crippen molar-refractivity contribution in [3.63, 3.8) is 0 Å². The third-order valence-electron chi connectivity index (χ3n) is 3.20. The molecule has 0 saturated heterocycles. The Labute approximate surface area is 107 Å². The molecule has 0 unspecified atom stereocenters. The molecule has 1 aliphatic rings. The van der Waals surface area contributed by atoms with Crippen LogP contribution in [0.2, 0.25) is 0 Å². The van der Waals surface area contributed by atoms with Crippen molar-refractivity contribution in [2.75, 3.05) is 6.61 Å². The number of rotatable bonds is 5. The van der Waals surface area contributed by atoms with Crippen LogP contribution in [-0.2, 0) is 16.0 Å². The SMILES string of the molecule is CCOC1CC(NC(=O)Cc2ccccc2O)C1. The third-order valence-corrected chi connectivity index (χ3v) is 3.20. The van der Waals surface area contributed by atoms with E-state index in [9.17, 15) is 9.90 Å². The molecular formula is C14H19NO3. The standard InChI is InChI=1S/C14H19NO3/c1-2-18-12-8-11(9-12)15-14(17)7-10-5-3-4-6-13(10)16/h3-6,11-12,16H,2,7-9H2,1H3,(H,15,17). The van der Waals surface area contributed by atoms with Gasteiger partial charge >= 0.3 is 0 Å². The summed E-state index contributed by atoms with van der Waals surface area (Å²) in [4.78, 5) is 11.8. The van der Waals surface area contributed by atoms with Crippen LogP contribution in [0.5, 0.6) is 5.75 Å². The van der Waals surface area contributed by atoms with E-state index in [-0.39, 0.29) is 24.1 Å². The minimum absolute atomic E-state index is 0.0450. The number of carbonyl (C=O) groups excluding carboxylic acids is 1.